The van der Waals surface area contributed by atoms with Gasteiger partial charge in [0.15, 0.2) is 5.16 Å². The van der Waals surface area contributed by atoms with Crippen LogP contribution in [-0.2, 0) is 4.79 Å². The Hall–Kier alpha value is -3.39. The maximum atomic E-state index is 12.1. The van der Waals surface area contributed by atoms with E-state index in [0.717, 1.165) is 27.6 Å². The van der Waals surface area contributed by atoms with Crippen molar-refractivity contribution in [3.8, 4) is 0 Å². The van der Waals surface area contributed by atoms with Crippen LogP contribution in [0.4, 0.5) is 4.79 Å². The molecule has 2 aromatic heterocycles. The molecule has 0 saturated carbocycles. The van der Waals surface area contributed by atoms with E-state index in [2.05, 4.69) is 17.2 Å². The van der Waals surface area contributed by atoms with Crippen molar-refractivity contribution in [2.75, 3.05) is 12.3 Å². The molecule has 4 aromatic rings. The van der Waals surface area contributed by atoms with E-state index in [1.807, 2.05) is 52.9 Å². The van der Waals surface area contributed by atoms with Crippen molar-refractivity contribution in [3.63, 3.8) is 0 Å². The van der Waals surface area contributed by atoms with Gasteiger partial charge < -0.3 is 5.32 Å². The van der Waals surface area contributed by atoms with Gasteiger partial charge in [0.2, 0.25) is 5.91 Å². The predicted molar refractivity (Wildman–Crippen MR) is 110 cm³/mol. The second-order valence-corrected chi connectivity index (χ2v) is 6.95. The molecule has 0 radical (unpaired) electrons. The summed E-state index contributed by atoms with van der Waals surface area (Å²) in [6, 6.07) is 15.0. The summed E-state index contributed by atoms with van der Waals surface area (Å²) in [5.41, 5.74) is 3.37. The quantitative estimate of drug-likeness (QED) is 0.310. The van der Waals surface area contributed by atoms with Crippen molar-refractivity contribution in [2.24, 2.45) is 0 Å². The van der Waals surface area contributed by atoms with Crippen molar-refractivity contribution in [1.29, 1.82) is 0 Å². The number of benzene rings is 2. The summed E-state index contributed by atoms with van der Waals surface area (Å²) in [5.74, 6) is -0.354. The van der Waals surface area contributed by atoms with E-state index in [9.17, 15) is 9.59 Å². The van der Waals surface area contributed by atoms with Crippen LogP contribution in [0.2, 0.25) is 0 Å². The van der Waals surface area contributed by atoms with E-state index in [-0.39, 0.29) is 5.75 Å². The van der Waals surface area contributed by atoms with Crippen LogP contribution < -0.4 is 10.6 Å². The molecule has 0 unspecified atom stereocenters. The Morgan fingerprint density at radius 1 is 1.07 bits per heavy atom. The summed E-state index contributed by atoms with van der Waals surface area (Å²) < 4.78 is 1.95. The standard InChI is InChI=1S/C20H17N5O2S/c1-2-11-21-19(27)24-17(26)12-28-20-23-14-8-4-3-7-13(14)18-22-15-9-5-6-10-16(15)25(18)20/h2-10H,1,11-12H2,(H2,21,24,26,27). The first kappa shape index (κ1) is 18.0. The average molecular weight is 391 g/mol. The Morgan fingerprint density at radius 2 is 1.82 bits per heavy atom. The fourth-order valence-electron chi connectivity index (χ4n) is 2.91. The Morgan fingerprint density at radius 3 is 2.64 bits per heavy atom. The Bertz CT molecular complexity index is 1220. The number of carbonyl (C=O) groups is 2. The summed E-state index contributed by atoms with van der Waals surface area (Å²) in [5, 5.41) is 6.38. The van der Waals surface area contributed by atoms with Gasteiger partial charge in [-0.2, -0.15) is 0 Å². The van der Waals surface area contributed by atoms with E-state index in [0.29, 0.717) is 11.7 Å². The van der Waals surface area contributed by atoms with Gasteiger partial charge in [0.05, 0.1) is 22.3 Å². The topological polar surface area (TPSA) is 88.4 Å². The van der Waals surface area contributed by atoms with Crippen molar-refractivity contribution in [2.45, 2.75) is 5.16 Å². The first-order chi connectivity index (χ1) is 13.7. The molecule has 4 rings (SSSR count). The number of nitrogens with one attached hydrogen (secondary N) is 2. The molecule has 0 spiro atoms. The molecule has 2 aromatic carbocycles. The Kier molecular flexibility index (Phi) is 4.94. The summed E-state index contributed by atoms with van der Waals surface area (Å²) in [6.45, 7) is 3.80. The van der Waals surface area contributed by atoms with E-state index >= 15 is 0 Å². The smallest absolute Gasteiger partial charge is 0.321 e. The third-order valence-corrected chi connectivity index (χ3v) is 5.04. The first-order valence-electron chi connectivity index (χ1n) is 8.64. The lowest BCUT2D eigenvalue weighted by molar-refractivity contribution is -0.117. The largest absolute Gasteiger partial charge is 0.334 e. The van der Waals surface area contributed by atoms with Crippen molar-refractivity contribution < 1.29 is 9.59 Å². The predicted octanol–water partition coefficient (Wildman–Crippen LogP) is 3.14. The highest BCUT2D eigenvalue weighted by atomic mass is 32.2. The molecule has 2 N–H and O–H groups in total. The number of imidazole rings is 1. The molecular formula is C20H17N5O2S. The van der Waals surface area contributed by atoms with Crippen LogP contribution in [0.1, 0.15) is 0 Å². The number of hydrogen-bond acceptors (Lipinski definition) is 5. The second kappa shape index (κ2) is 7.69. The summed E-state index contributed by atoms with van der Waals surface area (Å²) in [7, 11) is 0. The van der Waals surface area contributed by atoms with E-state index in [4.69, 9.17) is 9.97 Å². The number of para-hydroxylation sites is 3. The van der Waals surface area contributed by atoms with Crippen LogP contribution in [0, 0.1) is 0 Å². The van der Waals surface area contributed by atoms with Crippen molar-refractivity contribution in [1.82, 2.24) is 25.0 Å². The van der Waals surface area contributed by atoms with E-state index in [1.54, 1.807) is 6.08 Å². The van der Waals surface area contributed by atoms with Crippen molar-refractivity contribution in [3.05, 3.63) is 61.2 Å². The summed E-state index contributed by atoms with van der Waals surface area (Å²) >= 11 is 1.26. The molecule has 2 heterocycles. The highest BCUT2D eigenvalue weighted by Crippen LogP contribution is 2.28. The van der Waals surface area contributed by atoms with Crippen LogP contribution >= 0.6 is 11.8 Å². The highest BCUT2D eigenvalue weighted by molar-refractivity contribution is 7.99. The van der Waals surface area contributed by atoms with Gasteiger partial charge in [0.25, 0.3) is 0 Å². The number of hydrogen-bond donors (Lipinski definition) is 2. The van der Waals surface area contributed by atoms with Gasteiger partial charge in [-0.25, -0.2) is 14.8 Å². The number of fused-ring (bicyclic) bond motifs is 5. The van der Waals surface area contributed by atoms with Gasteiger partial charge in [-0.15, -0.1) is 6.58 Å². The van der Waals surface area contributed by atoms with Crippen LogP contribution in [0.5, 0.6) is 0 Å². The first-order valence-corrected chi connectivity index (χ1v) is 9.63. The Balaban J connectivity index is 1.68. The molecule has 0 aliphatic heterocycles. The molecule has 7 nitrogen and oxygen atoms in total. The maximum absolute atomic E-state index is 12.1. The molecular weight excluding hydrogens is 374 g/mol. The second-order valence-electron chi connectivity index (χ2n) is 6.01. The number of aromatic nitrogens is 3. The lowest BCUT2D eigenvalue weighted by atomic mass is 10.2. The fourth-order valence-corrected chi connectivity index (χ4v) is 3.72. The molecule has 0 aliphatic rings. The number of urea groups is 1. The number of thioether (sulfide) groups is 1. The fraction of sp³-hybridized carbons (Fsp3) is 0.100. The zero-order valence-corrected chi connectivity index (χ0v) is 15.7. The lowest BCUT2D eigenvalue weighted by Gasteiger charge is -2.08. The molecule has 0 saturated heterocycles. The summed E-state index contributed by atoms with van der Waals surface area (Å²) in [6.07, 6.45) is 1.54. The summed E-state index contributed by atoms with van der Waals surface area (Å²) in [4.78, 5) is 33.2. The third-order valence-electron chi connectivity index (χ3n) is 4.11. The minimum absolute atomic E-state index is 0.0501. The Labute approximate surface area is 164 Å². The molecule has 0 aliphatic carbocycles. The molecule has 8 heteroatoms. The molecule has 0 fully saturated rings. The monoisotopic (exact) mass is 391 g/mol. The zero-order valence-electron chi connectivity index (χ0n) is 14.9. The maximum Gasteiger partial charge on any atom is 0.321 e. The zero-order chi connectivity index (χ0) is 19.5. The number of rotatable bonds is 5. The molecule has 0 bridgehead atoms. The molecule has 3 amide bonds. The molecule has 140 valence electrons. The third kappa shape index (κ3) is 3.41. The van der Waals surface area contributed by atoms with Crippen LogP contribution in [0.25, 0.3) is 27.6 Å². The van der Waals surface area contributed by atoms with Crippen molar-refractivity contribution >= 4 is 51.3 Å². The number of imide groups is 1. The van der Waals surface area contributed by atoms with Gasteiger partial charge in [-0.05, 0) is 24.3 Å². The molecule has 28 heavy (non-hydrogen) atoms. The van der Waals surface area contributed by atoms with Crippen LogP contribution in [0.3, 0.4) is 0 Å². The average Bonchev–Trinajstić information content (AvgIpc) is 3.10. The van der Waals surface area contributed by atoms with E-state index < -0.39 is 11.9 Å². The van der Waals surface area contributed by atoms with Gasteiger partial charge in [-0.3, -0.25) is 14.5 Å². The highest BCUT2D eigenvalue weighted by Gasteiger charge is 2.15. The van der Waals surface area contributed by atoms with Gasteiger partial charge >= 0.3 is 6.03 Å². The molecule has 0 atom stereocenters. The van der Waals surface area contributed by atoms with Gasteiger partial charge in [-0.1, -0.05) is 42.1 Å². The minimum Gasteiger partial charge on any atom is -0.334 e. The SMILES string of the molecule is C=CCNC(=O)NC(=O)CSc1nc2ccccc2c2nc3ccccc3n12. The van der Waals surface area contributed by atoms with Gasteiger partial charge in [0, 0.05) is 11.9 Å². The number of amides is 3. The normalized spacial score (nSPS) is 11.0. The van der Waals surface area contributed by atoms with Gasteiger partial charge in [0.1, 0.15) is 5.65 Å². The minimum atomic E-state index is -0.546. The number of carbonyl (C=O) groups excluding carboxylic acids is 2. The van der Waals surface area contributed by atoms with Crippen LogP contribution in [0.15, 0.2) is 66.3 Å². The van der Waals surface area contributed by atoms with Crippen LogP contribution in [-0.4, -0.2) is 38.6 Å². The number of nitrogens with zero attached hydrogens (tertiary/aromatic N) is 3. The van der Waals surface area contributed by atoms with E-state index in [1.165, 1.54) is 11.8 Å². The lowest BCUT2D eigenvalue weighted by Crippen LogP contribution is -2.40.